The number of fused-ring (bicyclic) bond motifs is 1. The molecule has 0 aliphatic heterocycles. The average Bonchev–Trinajstić information content (AvgIpc) is 2.85. The van der Waals surface area contributed by atoms with Gasteiger partial charge in [-0.1, -0.05) is 6.07 Å². The second kappa shape index (κ2) is 4.45. The number of carbonyl (C=O) groups excluding carboxylic acids is 1. The molecule has 19 heavy (non-hydrogen) atoms. The van der Waals surface area contributed by atoms with Crippen LogP contribution in [0.3, 0.4) is 0 Å². The second-order valence-corrected chi connectivity index (χ2v) is 4.16. The fourth-order valence-electron chi connectivity index (χ4n) is 1.87. The van der Waals surface area contributed by atoms with Crippen LogP contribution in [-0.4, -0.2) is 15.5 Å². The number of rotatable bonds is 2. The lowest BCUT2D eigenvalue weighted by Gasteiger charge is -2.04. The zero-order chi connectivity index (χ0) is 13.2. The highest BCUT2D eigenvalue weighted by molar-refractivity contribution is 6.08. The molecule has 3 rings (SSSR count). The molecule has 3 aromatic rings. The van der Waals surface area contributed by atoms with Gasteiger partial charge in [0.1, 0.15) is 0 Å². The molecular formula is C14H12N4O. The lowest BCUT2D eigenvalue weighted by molar-refractivity contribution is 0.102. The molecule has 0 saturated carbocycles. The maximum Gasteiger partial charge on any atom is 0.259 e. The Bertz CT molecular complexity index is 731. The summed E-state index contributed by atoms with van der Waals surface area (Å²) in [4.78, 5) is 12.2. The van der Waals surface area contributed by atoms with Gasteiger partial charge >= 0.3 is 0 Å². The Morgan fingerprint density at radius 1 is 1.16 bits per heavy atom. The molecule has 1 amide bonds. The van der Waals surface area contributed by atoms with Gasteiger partial charge in [0.05, 0.1) is 17.3 Å². The number of nitrogens with zero attached hydrogens (tertiary/aromatic N) is 2. The molecule has 5 heteroatoms. The molecule has 0 aliphatic rings. The zero-order valence-electron chi connectivity index (χ0n) is 10.1. The van der Waals surface area contributed by atoms with E-state index in [9.17, 15) is 4.79 Å². The Labute approximate surface area is 109 Å². The van der Waals surface area contributed by atoms with Crippen LogP contribution in [0, 0.1) is 0 Å². The molecule has 94 valence electrons. The lowest BCUT2D eigenvalue weighted by Crippen LogP contribution is -2.11. The first-order chi connectivity index (χ1) is 9.24. The van der Waals surface area contributed by atoms with E-state index in [2.05, 4.69) is 10.4 Å². The fraction of sp³-hybridized carbons (Fsp3) is 0. The highest BCUT2D eigenvalue weighted by Gasteiger charge is 2.12. The minimum Gasteiger partial charge on any atom is -0.399 e. The Balaban J connectivity index is 1.90. The molecule has 1 aromatic carbocycles. The molecular weight excluding hydrogens is 240 g/mol. The highest BCUT2D eigenvalue weighted by atomic mass is 16.1. The number of benzene rings is 1. The Hall–Kier alpha value is -2.82. The van der Waals surface area contributed by atoms with Crippen LogP contribution in [-0.2, 0) is 0 Å². The molecule has 5 nitrogen and oxygen atoms in total. The van der Waals surface area contributed by atoms with Crippen molar-refractivity contribution in [3.8, 4) is 0 Å². The molecule has 0 fully saturated rings. The van der Waals surface area contributed by atoms with Gasteiger partial charge in [0, 0.05) is 17.6 Å². The molecule has 0 spiro atoms. The van der Waals surface area contributed by atoms with Gasteiger partial charge in [-0.25, -0.2) is 4.52 Å². The standard InChI is InChI=1S/C14H12N4O/c15-10-4-6-11(7-5-10)17-14(19)12-9-16-18-8-2-1-3-13(12)18/h1-9H,15H2,(H,17,19). The average molecular weight is 252 g/mol. The molecule has 0 saturated heterocycles. The highest BCUT2D eigenvalue weighted by Crippen LogP contribution is 2.15. The zero-order valence-corrected chi connectivity index (χ0v) is 10.1. The fourth-order valence-corrected chi connectivity index (χ4v) is 1.87. The number of carbonyl (C=O) groups is 1. The maximum atomic E-state index is 12.2. The van der Waals surface area contributed by atoms with E-state index in [0.29, 0.717) is 16.9 Å². The predicted molar refractivity (Wildman–Crippen MR) is 74.0 cm³/mol. The van der Waals surface area contributed by atoms with Gasteiger partial charge in [0.25, 0.3) is 5.91 Å². The Kier molecular flexibility index (Phi) is 2.64. The summed E-state index contributed by atoms with van der Waals surface area (Å²) in [5.41, 5.74) is 8.28. The van der Waals surface area contributed by atoms with Crippen molar-refractivity contribution in [1.29, 1.82) is 0 Å². The first kappa shape index (κ1) is 11.3. The van der Waals surface area contributed by atoms with E-state index in [1.54, 1.807) is 41.2 Å². The number of nitrogen functional groups attached to an aromatic ring is 1. The van der Waals surface area contributed by atoms with Gasteiger partial charge in [-0.05, 0) is 36.4 Å². The molecule has 3 N–H and O–H groups in total. The molecule has 2 heterocycles. The summed E-state index contributed by atoms with van der Waals surface area (Å²) in [6.07, 6.45) is 3.36. The van der Waals surface area contributed by atoms with Crippen LogP contribution >= 0.6 is 0 Å². The van der Waals surface area contributed by atoms with Gasteiger partial charge in [-0.15, -0.1) is 0 Å². The smallest absolute Gasteiger partial charge is 0.259 e. The van der Waals surface area contributed by atoms with Crippen LogP contribution in [0.1, 0.15) is 10.4 Å². The summed E-state index contributed by atoms with van der Waals surface area (Å²) in [5.74, 6) is -0.189. The second-order valence-electron chi connectivity index (χ2n) is 4.16. The summed E-state index contributed by atoms with van der Waals surface area (Å²) in [6, 6.07) is 12.6. The monoisotopic (exact) mass is 252 g/mol. The van der Waals surface area contributed by atoms with E-state index < -0.39 is 0 Å². The molecule has 0 radical (unpaired) electrons. The van der Waals surface area contributed by atoms with Gasteiger partial charge in [-0.2, -0.15) is 5.10 Å². The largest absolute Gasteiger partial charge is 0.399 e. The van der Waals surface area contributed by atoms with Crippen LogP contribution in [0.15, 0.2) is 54.9 Å². The summed E-state index contributed by atoms with van der Waals surface area (Å²) in [7, 11) is 0. The lowest BCUT2D eigenvalue weighted by atomic mass is 10.2. The Morgan fingerprint density at radius 2 is 1.95 bits per heavy atom. The third-order valence-electron chi connectivity index (χ3n) is 2.84. The number of anilines is 2. The summed E-state index contributed by atoms with van der Waals surface area (Å²) < 4.78 is 1.66. The molecule has 0 aliphatic carbocycles. The maximum absolute atomic E-state index is 12.2. The summed E-state index contributed by atoms with van der Waals surface area (Å²) in [6.45, 7) is 0. The van der Waals surface area contributed by atoms with E-state index in [4.69, 9.17) is 5.73 Å². The van der Waals surface area contributed by atoms with Crippen molar-refractivity contribution in [2.45, 2.75) is 0 Å². The van der Waals surface area contributed by atoms with Crippen LogP contribution in [0.25, 0.3) is 5.52 Å². The number of nitrogens with one attached hydrogen (secondary N) is 1. The van der Waals surface area contributed by atoms with Gasteiger partial charge in [0.2, 0.25) is 0 Å². The van der Waals surface area contributed by atoms with Crippen LogP contribution in [0.2, 0.25) is 0 Å². The first-order valence-corrected chi connectivity index (χ1v) is 5.83. The summed E-state index contributed by atoms with van der Waals surface area (Å²) in [5, 5.41) is 6.95. The van der Waals surface area contributed by atoms with Crippen molar-refractivity contribution >= 4 is 22.8 Å². The van der Waals surface area contributed by atoms with Crippen molar-refractivity contribution in [2.75, 3.05) is 11.1 Å². The number of aromatic nitrogens is 2. The summed E-state index contributed by atoms with van der Waals surface area (Å²) >= 11 is 0. The molecule has 0 unspecified atom stereocenters. The predicted octanol–water partition coefficient (Wildman–Crippen LogP) is 2.17. The van der Waals surface area contributed by atoms with E-state index in [-0.39, 0.29) is 5.91 Å². The van der Waals surface area contributed by atoms with Gasteiger partial charge in [-0.3, -0.25) is 4.79 Å². The number of hydrogen-bond donors (Lipinski definition) is 2. The minimum atomic E-state index is -0.189. The van der Waals surface area contributed by atoms with Crippen molar-refractivity contribution < 1.29 is 4.79 Å². The molecule has 2 aromatic heterocycles. The van der Waals surface area contributed by atoms with Crippen LogP contribution in [0.4, 0.5) is 11.4 Å². The Morgan fingerprint density at radius 3 is 2.74 bits per heavy atom. The van der Waals surface area contributed by atoms with Gasteiger partial charge < -0.3 is 11.1 Å². The molecule has 0 atom stereocenters. The van der Waals surface area contributed by atoms with Crippen LogP contribution in [0.5, 0.6) is 0 Å². The molecule has 0 bridgehead atoms. The van der Waals surface area contributed by atoms with Gasteiger partial charge in [0.15, 0.2) is 0 Å². The number of hydrogen-bond acceptors (Lipinski definition) is 3. The van der Waals surface area contributed by atoms with E-state index in [1.165, 1.54) is 0 Å². The topological polar surface area (TPSA) is 72.4 Å². The van der Waals surface area contributed by atoms with Crippen molar-refractivity contribution in [1.82, 2.24) is 9.61 Å². The van der Waals surface area contributed by atoms with E-state index >= 15 is 0 Å². The third-order valence-corrected chi connectivity index (χ3v) is 2.84. The number of amides is 1. The minimum absolute atomic E-state index is 0.189. The van der Waals surface area contributed by atoms with E-state index in [0.717, 1.165) is 5.52 Å². The van der Waals surface area contributed by atoms with Crippen LogP contribution < -0.4 is 11.1 Å². The number of pyridine rings is 1. The van der Waals surface area contributed by atoms with Crippen molar-refractivity contribution in [2.24, 2.45) is 0 Å². The first-order valence-electron chi connectivity index (χ1n) is 5.83. The number of nitrogens with two attached hydrogens (primary N) is 1. The van der Waals surface area contributed by atoms with Crippen molar-refractivity contribution in [3.63, 3.8) is 0 Å². The van der Waals surface area contributed by atoms with Crippen molar-refractivity contribution in [3.05, 3.63) is 60.4 Å². The third kappa shape index (κ3) is 2.13. The quantitative estimate of drug-likeness (QED) is 0.686. The SMILES string of the molecule is Nc1ccc(NC(=O)c2cnn3ccccc23)cc1. The van der Waals surface area contributed by atoms with E-state index in [1.807, 2.05) is 18.2 Å². The normalized spacial score (nSPS) is 10.5.